The third-order valence-electron chi connectivity index (χ3n) is 6.46. The van der Waals surface area contributed by atoms with E-state index in [1.165, 1.54) is 47.4 Å². The molecule has 6 rings (SSSR count). The molecular formula is C24H24N4S. The lowest BCUT2D eigenvalue weighted by Crippen LogP contribution is -2.21. The first-order valence-electron chi connectivity index (χ1n) is 10.6. The zero-order chi connectivity index (χ0) is 19.4. The summed E-state index contributed by atoms with van der Waals surface area (Å²) in [5.41, 5.74) is 6.46. The monoisotopic (exact) mass is 400 g/mol. The van der Waals surface area contributed by atoms with Crippen LogP contribution in [0.25, 0.3) is 11.3 Å². The Morgan fingerprint density at radius 2 is 1.90 bits per heavy atom. The minimum Gasteiger partial charge on any atom is -0.309 e. The highest BCUT2D eigenvalue weighted by atomic mass is 32.2. The first-order chi connectivity index (χ1) is 14.3. The predicted molar refractivity (Wildman–Crippen MR) is 118 cm³/mol. The normalized spacial score (nSPS) is 18.9. The molecule has 2 fully saturated rings. The molecule has 3 heterocycles. The Morgan fingerprint density at radius 1 is 1.07 bits per heavy atom. The van der Waals surface area contributed by atoms with Gasteiger partial charge in [-0.3, -0.25) is 4.98 Å². The van der Waals surface area contributed by atoms with Crippen LogP contribution in [0.15, 0.2) is 53.8 Å². The van der Waals surface area contributed by atoms with Crippen molar-refractivity contribution >= 4 is 23.4 Å². The Kier molecular flexibility index (Phi) is 3.95. The van der Waals surface area contributed by atoms with Gasteiger partial charge in [-0.05, 0) is 72.7 Å². The van der Waals surface area contributed by atoms with E-state index in [2.05, 4.69) is 47.1 Å². The lowest BCUT2D eigenvalue weighted by Gasteiger charge is -2.18. The van der Waals surface area contributed by atoms with E-state index < -0.39 is 0 Å². The van der Waals surface area contributed by atoms with Crippen LogP contribution >= 0.6 is 11.8 Å². The molecule has 3 aliphatic rings. The van der Waals surface area contributed by atoms with E-state index in [1.807, 2.05) is 30.4 Å². The maximum Gasteiger partial charge on any atom is 0.229 e. The highest BCUT2D eigenvalue weighted by molar-refractivity contribution is 7.99. The smallest absolute Gasteiger partial charge is 0.229 e. The van der Waals surface area contributed by atoms with Crippen LogP contribution in [-0.4, -0.2) is 27.2 Å². The third kappa shape index (κ3) is 3.03. The van der Waals surface area contributed by atoms with Gasteiger partial charge in [0.25, 0.3) is 0 Å². The summed E-state index contributed by atoms with van der Waals surface area (Å²) in [5.74, 6) is 2.61. The van der Waals surface area contributed by atoms with Crippen LogP contribution in [-0.2, 0) is 5.41 Å². The number of hydrogen-bond donors (Lipinski definition) is 0. The summed E-state index contributed by atoms with van der Waals surface area (Å²) in [6.45, 7) is 3.20. The van der Waals surface area contributed by atoms with Gasteiger partial charge in [0.05, 0.1) is 5.69 Å². The number of pyridine rings is 1. The van der Waals surface area contributed by atoms with Crippen molar-refractivity contribution in [2.24, 2.45) is 0 Å². The average molecular weight is 401 g/mol. The zero-order valence-electron chi connectivity index (χ0n) is 16.6. The van der Waals surface area contributed by atoms with Gasteiger partial charge < -0.3 is 4.90 Å². The minimum atomic E-state index is 0.326. The molecule has 0 N–H and O–H groups in total. The number of rotatable bonds is 5. The standard InChI is InChI=1S/C24H24N4S/c1-2-29-19-5-6-20-22(12-19)28(15-24(20)8-9-24)23-26-13-18(14-27-23)21-11-17(7-10-25-21)16-3-4-16/h5-7,10-14,16H,2-4,8-9,15H2,1H3. The number of hydrogen-bond acceptors (Lipinski definition) is 5. The van der Waals surface area contributed by atoms with E-state index in [0.29, 0.717) is 5.41 Å². The third-order valence-corrected chi connectivity index (χ3v) is 7.34. The molecule has 5 heteroatoms. The summed E-state index contributed by atoms with van der Waals surface area (Å²) in [6, 6.07) is 11.3. The molecule has 2 aromatic heterocycles. The Labute approximate surface area is 175 Å². The van der Waals surface area contributed by atoms with Gasteiger partial charge in [0.2, 0.25) is 5.95 Å². The van der Waals surface area contributed by atoms with E-state index in [-0.39, 0.29) is 0 Å². The molecule has 146 valence electrons. The van der Waals surface area contributed by atoms with Crippen molar-refractivity contribution in [1.29, 1.82) is 0 Å². The van der Waals surface area contributed by atoms with E-state index in [9.17, 15) is 0 Å². The molecule has 2 saturated carbocycles. The van der Waals surface area contributed by atoms with Crippen LogP contribution < -0.4 is 4.90 Å². The predicted octanol–water partition coefficient (Wildman–Crippen LogP) is 5.71. The Balaban J connectivity index is 1.32. The van der Waals surface area contributed by atoms with E-state index >= 15 is 0 Å². The van der Waals surface area contributed by atoms with Crippen LogP contribution in [0.1, 0.15) is 49.7 Å². The minimum absolute atomic E-state index is 0.326. The number of fused-ring (bicyclic) bond motifs is 2. The second-order valence-corrected chi connectivity index (χ2v) is 9.84. The van der Waals surface area contributed by atoms with Gasteiger partial charge in [-0.1, -0.05) is 13.0 Å². The molecule has 0 radical (unpaired) electrons. The van der Waals surface area contributed by atoms with Gasteiger partial charge in [0, 0.05) is 46.7 Å². The Bertz CT molecular complexity index is 1070. The van der Waals surface area contributed by atoms with Crippen LogP contribution in [0.3, 0.4) is 0 Å². The molecule has 2 aliphatic carbocycles. The molecule has 29 heavy (non-hydrogen) atoms. The molecule has 0 amide bonds. The summed E-state index contributed by atoms with van der Waals surface area (Å²) in [7, 11) is 0. The van der Waals surface area contributed by atoms with Gasteiger partial charge in [0.1, 0.15) is 0 Å². The van der Waals surface area contributed by atoms with Gasteiger partial charge in [-0.2, -0.15) is 0 Å². The van der Waals surface area contributed by atoms with E-state index in [0.717, 1.165) is 35.4 Å². The second kappa shape index (κ2) is 6.56. The number of thioether (sulfide) groups is 1. The van der Waals surface area contributed by atoms with Crippen molar-refractivity contribution in [3.8, 4) is 11.3 Å². The largest absolute Gasteiger partial charge is 0.309 e. The lowest BCUT2D eigenvalue weighted by atomic mass is 9.99. The fraction of sp³-hybridized carbons (Fsp3) is 0.375. The first kappa shape index (κ1) is 17.5. The molecule has 4 nitrogen and oxygen atoms in total. The molecule has 0 saturated heterocycles. The zero-order valence-corrected chi connectivity index (χ0v) is 17.5. The van der Waals surface area contributed by atoms with E-state index in [1.54, 1.807) is 0 Å². The van der Waals surface area contributed by atoms with Crippen LogP contribution in [0, 0.1) is 0 Å². The van der Waals surface area contributed by atoms with Crippen molar-refractivity contribution in [2.45, 2.75) is 48.8 Å². The number of aromatic nitrogens is 3. The molecule has 1 aromatic carbocycles. The molecule has 0 atom stereocenters. The van der Waals surface area contributed by atoms with Crippen molar-refractivity contribution in [1.82, 2.24) is 15.0 Å². The van der Waals surface area contributed by atoms with Gasteiger partial charge in [0.15, 0.2) is 0 Å². The molecular weight excluding hydrogens is 376 g/mol. The molecule has 0 bridgehead atoms. The molecule has 3 aromatic rings. The van der Waals surface area contributed by atoms with Crippen LogP contribution in [0.2, 0.25) is 0 Å². The van der Waals surface area contributed by atoms with Crippen LogP contribution in [0.4, 0.5) is 11.6 Å². The van der Waals surface area contributed by atoms with Crippen molar-refractivity contribution in [2.75, 3.05) is 17.2 Å². The summed E-state index contributed by atoms with van der Waals surface area (Å²) < 4.78 is 0. The highest BCUT2D eigenvalue weighted by Gasteiger charge is 2.52. The fourth-order valence-electron chi connectivity index (χ4n) is 4.54. The van der Waals surface area contributed by atoms with Gasteiger partial charge in [-0.25, -0.2) is 9.97 Å². The Hall–Kier alpha value is -2.40. The van der Waals surface area contributed by atoms with E-state index in [4.69, 9.17) is 9.97 Å². The maximum absolute atomic E-state index is 4.76. The topological polar surface area (TPSA) is 41.9 Å². The lowest BCUT2D eigenvalue weighted by molar-refractivity contribution is 0.735. The van der Waals surface area contributed by atoms with Crippen molar-refractivity contribution in [3.05, 3.63) is 60.0 Å². The average Bonchev–Trinajstić information content (AvgIpc) is 3.67. The Morgan fingerprint density at radius 3 is 2.62 bits per heavy atom. The highest BCUT2D eigenvalue weighted by Crippen LogP contribution is 2.58. The van der Waals surface area contributed by atoms with Gasteiger partial charge >= 0.3 is 0 Å². The summed E-state index contributed by atoms with van der Waals surface area (Å²) in [5, 5.41) is 0. The van der Waals surface area contributed by atoms with Crippen LogP contribution in [0.5, 0.6) is 0 Å². The summed E-state index contributed by atoms with van der Waals surface area (Å²) >= 11 is 1.89. The number of nitrogens with zero attached hydrogens (tertiary/aromatic N) is 4. The number of benzene rings is 1. The first-order valence-corrected chi connectivity index (χ1v) is 11.6. The summed E-state index contributed by atoms with van der Waals surface area (Å²) in [4.78, 5) is 17.7. The van der Waals surface area contributed by atoms with Crippen molar-refractivity contribution < 1.29 is 0 Å². The van der Waals surface area contributed by atoms with Crippen molar-refractivity contribution in [3.63, 3.8) is 0 Å². The molecule has 1 aliphatic heterocycles. The van der Waals surface area contributed by atoms with Gasteiger partial charge in [-0.15, -0.1) is 11.8 Å². The quantitative estimate of drug-likeness (QED) is 0.513. The summed E-state index contributed by atoms with van der Waals surface area (Å²) in [6.07, 6.45) is 10.9. The fourth-order valence-corrected chi connectivity index (χ4v) is 5.23. The maximum atomic E-state index is 4.76. The molecule has 0 unspecified atom stereocenters. The number of anilines is 2. The SMILES string of the molecule is CCSc1ccc2c(c1)N(c1ncc(-c3cc(C4CC4)ccn3)cn1)CC21CC1. The molecule has 1 spiro atoms. The second-order valence-electron chi connectivity index (χ2n) is 8.50.